The van der Waals surface area contributed by atoms with E-state index in [1.54, 1.807) is 6.07 Å². The molecule has 1 aromatic rings. The summed E-state index contributed by atoms with van der Waals surface area (Å²) in [4.78, 5) is 36.0. The molecule has 1 rings (SSSR count). The zero-order chi connectivity index (χ0) is 15.8. The van der Waals surface area contributed by atoms with Crippen molar-refractivity contribution in [3.05, 3.63) is 21.9 Å². The lowest BCUT2D eigenvalue weighted by molar-refractivity contribution is -0.141. The summed E-state index contributed by atoms with van der Waals surface area (Å²) in [5.41, 5.74) is 0. The molecular weight excluding hydrogens is 292 g/mol. The van der Waals surface area contributed by atoms with Gasteiger partial charge in [0.05, 0.1) is 11.4 Å². The minimum Gasteiger partial charge on any atom is -0.480 e. The summed E-state index contributed by atoms with van der Waals surface area (Å²) in [5, 5.41) is 13.9. The van der Waals surface area contributed by atoms with Crippen molar-refractivity contribution in [2.24, 2.45) is 0 Å². The zero-order valence-corrected chi connectivity index (χ0v) is 13.0. The van der Waals surface area contributed by atoms with Crippen LogP contribution in [-0.2, 0) is 9.59 Å². The number of aryl methyl sites for hydroxylation is 1. The minimum atomic E-state index is -1.06. The first-order chi connectivity index (χ1) is 9.93. The lowest BCUT2D eigenvalue weighted by Crippen LogP contribution is -2.45. The molecule has 1 unspecified atom stereocenters. The molecule has 0 spiro atoms. The summed E-state index contributed by atoms with van der Waals surface area (Å²) in [5.74, 6) is -1.89. The molecule has 0 radical (unpaired) electrons. The number of thiophene rings is 1. The zero-order valence-electron chi connectivity index (χ0n) is 12.1. The maximum absolute atomic E-state index is 11.8. The van der Waals surface area contributed by atoms with Gasteiger partial charge in [-0.25, -0.2) is 4.79 Å². The molecule has 0 aliphatic heterocycles. The van der Waals surface area contributed by atoms with Crippen molar-refractivity contribution in [1.82, 2.24) is 10.6 Å². The van der Waals surface area contributed by atoms with Crippen LogP contribution in [-0.4, -0.2) is 35.5 Å². The first kappa shape index (κ1) is 17.2. The minimum absolute atomic E-state index is 0.230. The number of unbranched alkanes of at least 4 members (excludes halogenated alkanes) is 1. The molecular formula is C14H20N2O4S. The van der Waals surface area contributed by atoms with Crippen LogP contribution in [0.5, 0.6) is 0 Å². The Balaban J connectivity index is 2.42. The smallest absolute Gasteiger partial charge is 0.326 e. The maximum Gasteiger partial charge on any atom is 0.326 e. The van der Waals surface area contributed by atoms with Crippen LogP contribution in [0.15, 0.2) is 12.1 Å². The highest BCUT2D eigenvalue weighted by Crippen LogP contribution is 2.14. The van der Waals surface area contributed by atoms with Crippen molar-refractivity contribution >= 4 is 29.1 Å². The number of rotatable bonds is 8. The number of carboxylic acids is 1. The van der Waals surface area contributed by atoms with Crippen LogP contribution >= 0.6 is 11.3 Å². The van der Waals surface area contributed by atoms with Gasteiger partial charge in [-0.3, -0.25) is 9.59 Å². The van der Waals surface area contributed by atoms with Gasteiger partial charge in [-0.15, -0.1) is 11.3 Å². The topological polar surface area (TPSA) is 95.5 Å². The van der Waals surface area contributed by atoms with Gasteiger partial charge in [0.25, 0.3) is 5.91 Å². The molecule has 3 N–H and O–H groups in total. The van der Waals surface area contributed by atoms with Crippen molar-refractivity contribution < 1.29 is 19.5 Å². The Hall–Kier alpha value is -1.89. The lowest BCUT2D eigenvalue weighted by atomic mass is 10.1. The maximum atomic E-state index is 11.8. The van der Waals surface area contributed by atoms with Gasteiger partial charge < -0.3 is 15.7 Å². The number of hydrogen-bond acceptors (Lipinski definition) is 4. The number of carboxylic acid groups (broad SMARTS) is 1. The van der Waals surface area contributed by atoms with Gasteiger partial charge in [0.1, 0.15) is 6.04 Å². The Morgan fingerprint density at radius 3 is 2.57 bits per heavy atom. The first-order valence-corrected chi connectivity index (χ1v) is 7.62. The first-order valence-electron chi connectivity index (χ1n) is 6.80. The van der Waals surface area contributed by atoms with Crippen LogP contribution < -0.4 is 10.6 Å². The Kier molecular flexibility index (Phi) is 6.87. The molecule has 7 heteroatoms. The highest BCUT2D eigenvalue weighted by atomic mass is 32.1. The lowest BCUT2D eigenvalue weighted by Gasteiger charge is -2.14. The average Bonchev–Trinajstić information content (AvgIpc) is 2.87. The highest BCUT2D eigenvalue weighted by molar-refractivity contribution is 7.13. The summed E-state index contributed by atoms with van der Waals surface area (Å²) in [6.45, 7) is 3.61. The number of carbonyl (C=O) groups excluding carboxylic acids is 2. The molecule has 116 valence electrons. The van der Waals surface area contributed by atoms with Gasteiger partial charge in [-0.2, -0.15) is 0 Å². The van der Waals surface area contributed by atoms with Crippen LogP contribution in [0.2, 0.25) is 0 Å². The third-order valence-corrected chi connectivity index (χ3v) is 3.85. The monoisotopic (exact) mass is 312 g/mol. The molecule has 0 saturated carbocycles. The number of nitrogens with one attached hydrogen (secondary N) is 2. The van der Waals surface area contributed by atoms with E-state index in [1.807, 2.05) is 19.9 Å². The summed E-state index contributed by atoms with van der Waals surface area (Å²) in [6.07, 6.45) is 1.96. The van der Waals surface area contributed by atoms with Crippen molar-refractivity contribution in [3.63, 3.8) is 0 Å². The number of amides is 2. The van der Waals surface area contributed by atoms with Crippen LogP contribution in [0, 0.1) is 6.92 Å². The third-order valence-electron chi connectivity index (χ3n) is 2.85. The number of hydrogen-bond donors (Lipinski definition) is 3. The number of carbonyl (C=O) groups is 3. The van der Waals surface area contributed by atoms with Gasteiger partial charge in [0, 0.05) is 4.88 Å². The molecule has 21 heavy (non-hydrogen) atoms. The van der Waals surface area contributed by atoms with Crippen molar-refractivity contribution in [2.45, 2.75) is 39.2 Å². The van der Waals surface area contributed by atoms with Gasteiger partial charge in [-0.05, 0) is 25.5 Å². The fourth-order valence-corrected chi connectivity index (χ4v) is 2.50. The summed E-state index contributed by atoms with van der Waals surface area (Å²) in [6, 6.07) is 2.61. The summed E-state index contributed by atoms with van der Waals surface area (Å²) < 4.78 is 0. The van der Waals surface area contributed by atoms with Crippen LogP contribution in [0.1, 0.15) is 40.7 Å². The Morgan fingerprint density at radius 2 is 2.05 bits per heavy atom. The molecule has 0 aliphatic carbocycles. The Morgan fingerprint density at radius 1 is 1.33 bits per heavy atom. The normalized spacial score (nSPS) is 11.7. The molecule has 0 fully saturated rings. The quantitative estimate of drug-likeness (QED) is 0.678. The van der Waals surface area contributed by atoms with Crippen molar-refractivity contribution in [3.8, 4) is 0 Å². The Labute approximate surface area is 127 Å². The standard InChI is InChI=1S/C14H20N2O4S/c1-3-4-5-10(14(19)20)16-12(17)8-15-13(18)11-7-6-9(2)21-11/h6-7,10H,3-5,8H2,1-2H3,(H,15,18)(H,16,17)(H,19,20). The van der Waals surface area contributed by atoms with Gasteiger partial charge in [-0.1, -0.05) is 19.8 Å². The van der Waals surface area contributed by atoms with Crippen molar-refractivity contribution in [1.29, 1.82) is 0 Å². The second-order valence-corrected chi connectivity index (χ2v) is 5.98. The fourth-order valence-electron chi connectivity index (χ4n) is 1.72. The highest BCUT2D eigenvalue weighted by Gasteiger charge is 2.19. The molecule has 0 saturated heterocycles. The van der Waals surface area contributed by atoms with Gasteiger partial charge in [0.2, 0.25) is 5.91 Å². The third kappa shape index (κ3) is 5.95. The number of aliphatic carboxylic acids is 1. The second-order valence-electron chi connectivity index (χ2n) is 4.69. The molecule has 6 nitrogen and oxygen atoms in total. The predicted octanol–water partition coefficient (Wildman–Crippen LogP) is 1.55. The molecule has 0 bridgehead atoms. The van der Waals surface area contributed by atoms with E-state index >= 15 is 0 Å². The molecule has 0 aliphatic rings. The van der Waals surface area contributed by atoms with E-state index < -0.39 is 17.9 Å². The van der Waals surface area contributed by atoms with Crippen molar-refractivity contribution in [2.75, 3.05) is 6.54 Å². The van der Waals surface area contributed by atoms with Crippen LogP contribution in [0.25, 0.3) is 0 Å². The van der Waals surface area contributed by atoms with Crippen LogP contribution in [0.4, 0.5) is 0 Å². The van der Waals surface area contributed by atoms with E-state index in [2.05, 4.69) is 10.6 Å². The predicted molar refractivity (Wildman–Crippen MR) is 80.5 cm³/mol. The molecule has 0 aromatic carbocycles. The van der Waals surface area contributed by atoms with Crippen LogP contribution in [0.3, 0.4) is 0 Å². The SMILES string of the molecule is CCCCC(NC(=O)CNC(=O)c1ccc(C)s1)C(=O)O. The molecule has 1 aromatic heterocycles. The largest absolute Gasteiger partial charge is 0.480 e. The van der Waals surface area contributed by atoms with Gasteiger partial charge >= 0.3 is 5.97 Å². The molecule has 1 heterocycles. The van der Waals surface area contributed by atoms with E-state index in [0.717, 1.165) is 17.7 Å². The molecule has 1 atom stereocenters. The summed E-state index contributed by atoms with van der Waals surface area (Å²) in [7, 11) is 0. The molecule has 2 amide bonds. The van der Waals surface area contributed by atoms with E-state index in [9.17, 15) is 14.4 Å². The van der Waals surface area contributed by atoms with E-state index in [4.69, 9.17) is 5.11 Å². The average molecular weight is 312 g/mol. The van der Waals surface area contributed by atoms with Gasteiger partial charge in [0.15, 0.2) is 0 Å². The second kappa shape index (κ2) is 8.41. The summed E-state index contributed by atoms with van der Waals surface area (Å²) >= 11 is 1.34. The van der Waals surface area contributed by atoms with E-state index in [1.165, 1.54) is 11.3 Å². The fraction of sp³-hybridized carbons (Fsp3) is 0.500. The van der Waals surface area contributed by atoms with E-state index in [0.29, 0.717) is 11.3 Å². The van der Waals surface area contributed by atoms with E-state index in [-0.39, 0.29) is 12.5 Å². The Bertz CT molecular complexity index is 513.